The van der Waals surface area contributed by atoms with Crippen molar-refractivity contribution in [3.05, 3.63) is 99.8 Å². The fourth-order valence-electron chi connectivity index (χ4n) is 5.48. The van der Waals surface area contributed by atoms with Crippen molar-refractivity contribution in [3.63, 3.8) is 0 Å². The summed E-state index contributed by atoms with van der Waals surface area (Å²) in [6, 6.07) is 19.7. The number of alkyl carbamates (subject to hydrolysis) is 1. The van der Waals surface area contributed by atoms with Crippen molar-refractivity contribution in [2.75, 3.05) is 33.4 Å². The van der Waals surface area contributed by atoms with Crippen LogP contribution < -0.4 is 24.3 Å². The molecule has 1 N–H and O–H groups in total. The number of nitrogens with zero attached hydrogens (tertiary/aromatic N) is 3. The van der Waals surface area contributed by atoms with E-state index in [2.05, 4.69) is 34.3 Å². The van der Waals surface area contributed by atoms with Crippen LogP contribution in [0.25, 0.3) is 11.1 Å². The van der Waals surface area contributed by atoms with Gasteiger partial charge in [-0.2, -0.15) is 5.26 Å². The highest BCUT2D eigenvalue weighted by Gasteiger charge is 2.18. The van der Waals surface area contributed by atoms with Crippen LogP contribution in [-0.4, -0.2) is 54.9 Å². The third-order valence-corrected chi connectivity index (χ3v) is 8.24. The Bertz CT molecular complexity index is 1850. The second-order valence-corrected chi connectivity index (χ2v) is 13.5. The smallest absolute Gasteiger partial charge is 0.407 e. The van der Waals surface area contributed by atoms with Gasteiger partial charge in [0.05, 0.1) is 10.6 Å². The second kappa shape index (κ2) is 16.6. The predicted octanol–water partition coefficient (Wildman–Crippen LogP) is 7.86. The lowest BCUT2D eigenvalue weighted by Gasteiger charge is -2.22. The van der Waals surface area contributed by atoms with Gasteiger partial charge in [0, 0.05) is 42.7 Å². The molecule has 0 saturated carbocycles. The Kier molecular flexibility index (Phi) is 12.1. The molecule has 50 heavy (non-hydrogen) atoms. The van der Waals surface area contributed by atoms with E-state index in [1.807, 2.05) is 70.3 Å². The predicted molar refractivity (Wildman–Crippen MR) is 192 cm³/mol. The van der Waals surface area contributed by atoms with Crippen molar-refractivity contribution in [2.45, 2.75) is 59.5 Å². The zero-order valence-corrected chi connectivity index (χ0v) is 29.9. The lowest BCUT2D eigenvalue weighted by Crippen LogP contribution is -2.34. The number of amides is 1. The number of nitrogens with one attached hydrogen (secondary N) is 1. The summed E-state index contributed by atoms with van der Waals surface area (Å²) in [6.07, 6.45) is 3.48. The molecule has 0 bridgehead atoms. The number of benzene rings is 3. The summed E-state index contributed by atoms with van der Waals surface area (Å²) >= 11 is 6.82. The minimum atomic E-state index is -0.547. The lowest BCUT2D eigenvalue weighted by atomic mass is 9.96. The normalized spacial score (nSPS) is 12.3. The largest absolute Gasteiger partial charge is 0.488 e. The molecule has 0 spiro atoms. The van der Waals surface area contributed by atoms with Crippen molar-refractivity contribution < 1.29 is 28.5 Å². The molecule has 5 rings (SSSR count). The van der Waals surface area contributed by atoms with Crippen molar-refractivity contribution in [1.82, 2.24) is 15.2 Å². The van der Waals surface area contributed by atoms with E-state index in [4.69, 9.17) is 35.3 Å². The number of ether oxygens (including phenoxy) is 5. The van der Waals surface area contributed by atoms with Crippen LogP contribution in [0.15, 0.2) is 67.0 Å². The van der Waals surface area contributed by atoms with Crippen molar-refractivity contribution in [3.8, 4) is 40.2 Å². The van der Waals surface area contributed by atoms with Gasteiger partial charge in [0.25, 0.3) is 0 Å². The number of nitriles is 1. The first kappa shape index (κ1) is 36.3. The van der Waals surface area contributed by atoms with Crippen molar-refractivity contribution in [1.29, 1.82) is 5.26 Å². The first-order valence-corrected chi connectivity index (χ1v) is 16.9. The summed E-state index contributed by atoms with van der Waals surface area (Å²) in [6.45, 7) is 10.9. The molecule has 0 unspecified atom stereocenters. The fraction of sp³-hybridized carbons (Fsp3) is 0.359. The summed E-state index contributed by atoms with van der Waals surface area (Å²) in [7, 11) is 1.99. The Hall–Kier alpha value is -4.98. The molecule has 10 nitrogen and oxygen atoms in total. The van der Waals surface area contributed by atoms with Gasteiger partial charge in [-0.3, -0.25) is 4.98 Å². The van der Waals surface area contributed by atoms with Gasteiger partial charge in [-0.05, 0) is 94.2 Å². The van der Waals surface area contributed by atoms with Crippen LogP contribution in [0, 0.1) is 18.3 Å². The highest BCUT2D eigenvalue weighted by atomic mass is 35.5. The number of carbonyl (C=O) groups excluding carboxylic acids is 1. The molecule has 1 aromatic heterocycles. The minimum absolute atomic E-state index is 0.205. The SMILES string of the molecule is Cc1c(COc2cc(OCc3cncc(C#N)c3)c(CN(C)CCCNC(=O)OC(C)(C)C)cc2Cl)cccc1-c1ccc2c(c1)OCCO2. The van der Waals surface area contributed by atoms with Crippen LogP contribution in [-0.2, 0) is 24.5 Å². The van der Waals surface area contributed by atoms with Gasteiger partial charge in [-0.15, -0.1) is 0 Å². The Balaban J connectivity index is 1.30. The van der Waals surface area contributed by atoms with E-state index in [1.54, 1.807) is 12.3 Å². The van der Waals surface area contributed by atoms with E-state index in [1.165, 1.54) is 6.20 Å². The van der Waals surface area contributed by atoms with E-state index in [9.17, 15) is 10.1 Å². The van der Waals surface area contributed by atoms with Crippen molar-refractivity contribution >= 4 is 17.7 Å². The molecule has 0 fully saturated rings. The Labute approximate surface area is 298 Å². The van der Waals surface area contributed by atoms with E-state index in [0.717, 1.165) is 51.3 Å². The molecule has 0 atom stereocenters. The third kappa shape index (κ3) is 10.0. The van der Waals surface area contributed by atoms with Crippen molar-refractivity contribution in [2.24, 2.45) is 0 Å². The first-order valence-electron chi connectivity index (χ1n) is 16.5. The molecule has 3 aromatic carbocycles. The number of halogens is 1. The van der Waals surface area contributed by atoms with E-state index < -0.39 is 11.7 Å². The van der Waals surface area contributed by atoms with Gasteiger partial charge in [0.15, 0.2) is 11.5 Å². The van der Waals surface area contributed by atoms with Crippen LogP contribution in [0.2, 0.25) is 5.02 Å². The quantitative estimate of drug-likeness (QED) is 0.139. The third-order valence-electron chi connectivity index (χ3n) is 7.94. The van der Waals surface area contributed by atoms with Gasteiger partial charge in [-0.25, -0.2) is 4.79 Å². The number of hydrogen-bond donors (Lipinski definition) is 1. The molecule has 1 amide bonds. The number of fused-ring (bicyclic) bond motifs is 1. The average Bonchev–Trinajstić information content (AvgIpc) is 3.09. The molecule has 11 heteroatoms. The summed E-state index contributed by atoms with van der Waals surface area (Å²) in [5.41, 5.74) is 5.75. The first-order chi connectivity index (χ1) is 24.0. The summed E-state index contributed by atoms with van der Waals surface area (Å²) in [4.78, 5) is 18.3. The summed E-state index contributed by atoms with van der Waals surface area (Å²) in [5.74, 6) is 2.59. The van der Waals surface area contributed by atoms with Gasteiger partial charge < -0.3 is 33.9 Å². The zero-order valence-electron chi connectivity index (χ0n) is 29.2. The Morgan fingerprint density at radius 3 is 2.56 bits per heavy atom. The standard InChI is InChI=1S/C39H43ClN4O6/c1-26-30(8-6-9-32(26)29-10-11-34-37(18-29)47-15-14-46-34)25-49-36-19-35(48-24-28-16-27(20-41)21-42-22-28)31(17-33(36)40)23-44(5)13-7-12-43-38(45)50-39(2,3)4/h6,8-11,16-19,21-22H,7,12-15,23-25H2,1-5H3,(H,43,45). The van der Waals surface area contributed by atoms with Crippen LogP contribution in [0.1, 0.15) is 55.0 Å². The topological polar surface area (TPSA) is 115 Å². The number of pyridine rings is 1. The minimum Gasteiger partial charge on any atom is -0.488 e. The second-order valence-electron chi connectivity index (χ2n) is 13.1. The molecule has 1 aliphatic heterocycles. The number of hydrogen-bond acceptors (Lipinski definition) is 9. The van der Waals surface area contributed by atoms with Crippen LogP contribution in [0.5, 0.6) is 23.0 Å². The van der Waals surface area contributed by atoms with Gasteiger partial charge >= 0.3 is 6.09 Å². The molecule has 2 heterocycles. The maximum Gasteiger partial charge on any atom is 0.407 e. The van der Waals surface area contributed by atoms with E-state index >= 15 is 0 Å². The molecule has 4 aromatic rings. The molecule has 0 radical (unpaired) electrons. The summed E-state index contributed by atoms with van der Waals surface area (Å²) in [5, 5.41) is 12.6. The summed E-state index contributed by atoms with van der Waals surface area (Å²) < 4.78 is 29.5. The molecular weight excluding hydrogens is 656 g/mol. The molecule has 262 valence electrons. The van der Waals surface area contributed by atoms with Gasteiger partial charge in [0.1, 0.15) is 49.6 Å². The van der Waals surface area contributed by atoms with Gasteiger partial charge in [-0.1, -0.05) is 35.9 Å². The van der Waals surface area contributed by atoms with Crippen LogP contribution in [0.3, 0.4) is 0 Å². The maximum atomic E-state index is 12.0. The van der Waals surface area contributed by atoms with Crippen LogP contribution in [0.4, 0.5) is 4.79 Å². The van der Waals surface area contributed by atoms with E-state index in [0.29, 0.717) is 61.5 Å². The number of carbonyl (C=O) groups is 1. The van der Waals surface area contributed by atoms with E-state index in [-0.39, 0.29) is 6.61 Å². The Morgan fingerprint density at radius 2 is 1.78 bits per heavy atom. The fourth-order valence-corrected chi connectivity index (χ4v) is 5.72. The van der Waals surface area contributed by atoms with Crippen LogP contribution >= 0.6 is 11.6 Å². The Morgan fingerprint density at radius 1 is 1.00 bits per heavy atom. The number of rotatable bonds is 13. The highest BCUT2D eigenvalue weighted by molar-refractivity contribution is 6.32. The lowest BCUT2D eigenvalue weighted by molar-refractivity contribution is 0.0526. The molecule has 0 aliphatic carbocycles. The molecular formula is C39H43ClN4O6. The molecule has 1 aliphatic rings. The number of aromatic nitrogens is 1. The zero-order chi connectivity index (χ0) is 35.7. The molecule has 0 saturated heterocycles. The monoisotopic (exact) mass is 698 g/mol. The average molecular weight is 699 g/mol. The maximum absolute atomic E-state index is 12.0. The van der Waals surface area contributed by atoms with Gasteiger partial charge in [0.2, 0.25) is 0 Å². The highest BCUT2D eigenvalue weighted by Crippen LogP contribution is 2.38.